The molecule has 3 rings (SSSR count). The Labute approximate surface area is 147 Å². The number of hydrogen-bond donors (Lipinski definition) is 1. The molecule has 128 valence electrons. The number of hydrogen-bond acceptors (Lipinski definition) is 3. The van der Waals surface area contributed by atoms with Crippen LogP contribution in [0.25, 0.3) is 11.4 Å². The first-order chi connectivity index (χ1) is 12.1. The van der Waals surface area contributed by atoms with E-state index in [1.807, 2.05) is 37.4 Å². The normalized spacial score (nSPS) is 10.6. The Morgan fingerprint density at radius 2 is 2.00 bits per heavy atom. The van der Waals surface area contributed by atoms with Gasteiger partial charge < -0.3 is 5.32 Å². The fourth-order valence-corrected chi connectivity index (χ4v) is 2.73. The first-order valence-electron chi connectivity index (χ1n) is 8.38. The van der Waals surface area contributed by atoms with Gasteiger partial charge >= 0.3 is 0 Å². The molecule has 25 heavy (non-hydrogen) atoms. The molecule has 0 radical (unpaired) electrons. The summed E-state index contributed by atoms with van der Waals surface area (Å²) in [6.45, 7) is 2.56. The molecule has 5 nitrogen and oxygen atoms in total. The monoisotopic (exact) mass is 334 g/mol. The Morgan fingerprint density at radius 3 is 2.68 bits per heavy atom. The van der Waals surface area contributed by atoms with Crippen LogP contribution in [0, 0.1) is 6.92 Å². The number of rotatable bonds is 6. The Morgan fingerprint density at radius 1 is 1.16 bits per heavy atom. The molecule has 0 fully saturated rings. The molecule has 0 aliphatic heterocycles. The van der Waals surface area contributed by atoms with Crippen LogP contribution in [0.3, 0.4) is 0 Å². The van der Waals surface area contributed by atoms with E-state index >= 15 is 0 Å². The van der Waals surface area contributed by atoms with Gasteiger partial charge in [-0.1, -0.05) is 30.3 Å². The van der Waals surface area contributed by atoms with Crippen molar-refractivity contribution in [2.45, 2.75) is 26.3 Å². The van der Waals surface area contributed by atoms with Crippen LogP contribution >= 0.6 is 0 Å². The predicted octanol–water partition coefficient (Wildman–Crippen LogP) is 3.04. The minimum absolute atomic E-state index is 0.0546. The third kappa shape index (κ3) is 4.32. The molecule has 0 saturated heterocycles. The third-order valence-electron chi connectivity index (χ3n) is 4.28. The highest BCUT2D eigenvalue weighted by molar-refractivity contribution is 5.76. The van der Waals surface area contributed by atoms with E-state index in [-0.39, 0.29) is 5.91 Å². The first kappa shape index (κ1) is 16.9. The van der Waals surface area contributed by atoms with E-state index in [0.717, 1.165) is 23.4 Å². The topological polar surface area (TPSA) is 59.8 Å². The fraction of sp³-hybridized carbons (Fsp3) is 0.250. The van der Waals surface area contributed by atoms with Crippen LogP contribution < -0.4 is 5.32 Å². The Hall–Kier alpha value is -2.95. The minimum atomic E-state index is 0.0546. The number of aryl methyl sites for hydroxylation is 3. The maximum Gasteiger partial charge on any atom is 0.220 e. The average Bonchev–Trinajstić information content (AvgIpc) is 3.06. The number of nitrogens with zero attached hydrogens (tertiary/aromatic N) is 3. The molecule has 5 heteroatoms. The van der Waals surface area contributed by atoms with E-state index in [0.29, 0.717) is 13.0 Å². The lowest BCUT2D eigenvalue weighted by molar-refractivity contribution is -0.121. The molecule has 0 unspecified atom stereocenters. The number of aromatic nitrogens is 3. The zero-order valence-electron chi connectivity index (χ0n) is 14.6. The molecule has 0 atom stereocenters. The van der Waals surface area contributed by atoms with Crippen LogP contribution in [0.15, 0.2) is 54.9 Å². The number of pyridine rings is 1. The van der Waals surface area contributed by atoms with E-state index in [2.05, 4.69) is 34.5 Å². The molecule has 2 aromatic heterocycles. The van der Waals surface area contributed by atoms with Crippen LogP contribution in [0.2, 0.25) is 0 Å². The summed E-state index contributed by atoms with van der Waals surface area (Å²) in [4.78, 5) is 16.5. The lowest BCUT2D eigenvalue weighted by Gasteiger charge is -2.08. The van der Waals surface area contributed by atoms with Crippen molar-refractivity contribution < 1.29 is 4.79 Å². The summed E-state index contributed by atoms with van der Waals surface area (Å²) in [5.41, 5.74) is 5.27. The van der Waals surface area contributed by atoms with Crippen molar-refractivity contribution in [3.05, 3.63) is 71.5 Å². The highest BCUT2D eigenvalue weighted by Gasteiger charge is 2.06. The molecule has 1 aromatic carbocycles. The Kier molecular flexibility index (Phi) is 5.23. The van der Waals surface area contributed by atoms with Gasteiger partial charge in [0.25, 0.3) is 0 Å². The van der Waals surface area contributed by atoms with Gasteiger partial charge in [0.1, 0.15) is 0 Å². The second-order valence-corrected chi connectivity index (χ2v) is 6.09. The van der Waals surface area contributed by atoms with E-state index < -0.39 is 0 Å². The zero-order chi connectivity index (χ0) is 17.6. The molecular formula is C20H22N4O. The van der Waals surface area contributed by atoms with Crippen molar-refractivity contribution in [2.24, 2.45) is 7.05 Å². The van der Waals surface area contributed by atoms with Crippen molar-refractivity contribution in [3.8, 4) is 11.4 Å². The van der Waals surface area contributed by atoms with Crippen LogP contribution in [-0.4, -0.2) is 20.7 Å². The number of carbonyl (C=O) groups is 1. The van der Waals surface area contributed by atoms with Gasteiger partial charge in [-0.15, -0.1) is 0 Å². The van der Waals surface area contributed by atoms with Crippen molar-refractivity contribution in [2.75, 3.05) is 0 Å². The Bertz CT molecular complexity index is 852. The molecule has 0 aliphatic rings. The SMILES string of the molecule is Cc1ccccc1CCC(=O)NCc1ccc(-c2ccnn2C)nc1. The van der Waals surface area contributed by atoms with Crippen molar-refractivity contribution in [1.29, 1.82) is 0 Å². The summed E-state index contributed by atoms with van der Waals surface area (Å²) in [5, 5.41) is 7.10. The second kappa shape index (κ2) is 7.75. The van der Waals surface area contributed by atoms with E-state index in [1.165, 1.54) is 11.1 Å². The predicted molar refractivity (Wildman–Crippen MR) is 97.8 cm³/mol. The molecule has 0 saturated carbocycles. The van der Waals surface area contributed by atoms with Crippen LogP contribution in [0.4, 0.5) is 0 Å². The summed E-state index contributed by atoms with van der Waals surface area (Å²) in [6.07, 6.45) is 4.80. The number of carbonyl (C=O) groups excluding carboxylic acids is 1. The number of benzene rings is 1. The molecule has 0 aliphatic carbocycles. The molecule has 2 heterocycles. The van der Waals surface area contributed by atoms with Crippen LogP contribution in [0.1, 0.15) is 23.1 Å². The lowest BCUT2D eigenvalue weighted by atomic mass is 10.0. The standard InChI is InChI=1S/C20H22N4O/c1-15-5-3-4-6-17(15)8-10-20(25)22-14-16-7-9-18(21-13-16)19-11-12-23-24(19)2/h3-7,9,11-13H,8,10,14H2,1-2H3,(H,22,25). The second-order valence-electron chi connectivity index (χ2n) is 6.09. The Balaban J connectivity index is 1.51. The van der Waals surface area contributed by atoms with Gasteiger partial charge in [-0.25, -0.2) is 0 Å². The van der Waals surface area contributed by atoms with Crippen molar-refractivity contribution in [1.82, 2.24) is 20.1 Å². The highest BCUT2D eigenvalue weighted by Crippen LogP contribution is 2.15. The average molecular weight is 334 g/mol. The molecule has 3 aromatic rings. The highest BCUT2D eigenvalue weighted by atomic mass is 16.1. The third-order valence-corrected chi connectivity index (χ3v) is 4.28. The fourth-order valence-electron chi connectivity index (χ4n) is 2.73. The van der Waals surface area contributed by atoms with Gasteiger partial charge in [0.15, 0.2) is 0 Å². The number of amides is 1. The smallest absolute Gasteiger partial charge is 0.220 e. The summed E-state index contributed by atoms with van der Waals surface area (Å²) >= 11 is 0. The maximum absolute atomic E-state index is 12.1. The summed E-state index contributed by atoms with van der Waals surface area (Å²) in [5.74, 6) is 0.0546. The van der Waals surface area contributed by atoms with E-state index in [4.69, 9.17) is 0 Å². The van der Waals surface area contributed by atoms with Gasteiger partial charge in [0.05, 0.1) is 11.4 Å². The molecule has 1 amide bonds. The first-order valence-corrected chi connectivity index (χ1v) is 8.38. The summed E-state index contributed by atoms with van der Waals surface area (Å²) in [6, 6.07) is 14.0. The van der Waals surface area contributed by atoms with Gasteiger partial charge in [0.2, 0.25) is 5.91 Å². The van der Waals surface area contributed by atoms with Gasteiger partial charge in [-0.2, -0.15) is 5.10 Å². The quantitative estimate of drug-likeness (QED) is 0.754. The van der Waals surface area contributed by atoms with Gasteiger partial charge in [-0.3, -0.25) is 14.5 Å². The molecular weight excluding hydrogens is 312 g/mol. The summed E-state index contributed by atoms with van der Waals surface area (Å²) < 4.78 is 1.79. The van der Waals surface area contributed by atoms with Gasteiger partial charge in [-0.05, 0) is 42.2 Å². The van der Waals surface area contributed by atoms with Crippen molar-refractivity contribution in [3.63, 3.8) is 0 Å². The maximum atomic E-state index is 12.1. The van der Waals surface area contributed by atoms with E-state index in [9.17, 15) is 4.79 Å². The van der Waals surface area contributed by atoms with Crippen LogP contribution in [-0.2, 0) is 24.8 Å². The van der Waals surface area contributed by atoms with Crippen LogP contribution in [0.5, 0.6) is 0 Å². The summed E-state index contributed by atoms with van der Waals surface area (Å²) in [7, 11) is 1.89. The van der Waals surface area contributed by atoms with E-state index in [1.54, 1.807) is 17.1 Å². The largest absolute Gasteiger partial charge is 0.352 e. The molecule has 0 bridgehead atoms. The number of nitrogens with one attached hydrogen (secondary N) is 1. The lowest BCUT2D eigenvalue weighted by Crippen LogP contribution is -2.23. The van der Waals surface area contributed by atoms with Crippen molar-refractivity contribution >= 4 is 5.91 Å². The van der Waals surface area contributed by atoms with Gasteiger partial charge in [0, 0.05) is 32.4 Å². The molecule has 1 N–H and O–H groups in total. The minimum Gasteiger partial charge on any atom is -0.352 e. The zero-order valence-corrected chi connectivity index (χ0v) is 14.6. The molecule has 0 spiro atoms.